The Hall–Kier alpha value is -3.65. The molecule has 4 rings (SSSR count). The van der Waals surface area contributed by atoms with Crippen molar-refractivity contribution < 1.29 is 23.8 Å². The summed E-state index contributed by atoms with van der Waals surface area (Å²) in [5.41, 5.74) is 2.59. The highest BCUT2D eigenvalue weighted by atomic mass is 16.6. The molecule has 1 aliphatic carbocycles. The summed E-state index contributed by atoms with van der Waals surface area (Å²) in [6.45, 7) is 2.26. The SMILES string of the molecule is CC(OC(=O)Nc1cnc(-c2ccc(CNC(CC3CC3)C(=O)O)cc2)o1)c1ccccc1. The number of ether oxygens (including phenoxy) is 1. The van der Waals surface area contributed by atoms with Crippen molar-refractivity contribution in [2.24, 2.45) is 5.92 Å². The van der Waals surface area contributed by atoms with Gasteiger partial charge in [-0.2, -0.15) is 0 Å². The molecular weight excluding hydrogens is 422 g/mol. The molecule has 0 saturated heterocycles. The zero-order chi connectivity index (χ0) is 23.2. The number of carboxylic acid groups (broad SMARTS) is 1. The minimum absolute atomic E-state index is 0.186. The van der Waals surface area contributed by atoms with Gasteiger partial charge < -0.3 is 19.6 Å². The van der Waals surface area contributed by atoms with Crippen molar-refractivity contribution in [3.8, 4) is 11.5 Å². The molecule has 8 heteroatoms. The maximum absolute atomic E-state index is 12.2. The van der Waals surface area contributed by atoms with Crippen LogP contribution in [0.5, 0.6) is 0 Å². The van der Waals surface area contributed by atoms with E-state index in [9.17, 15) is 14.7 Å². The van der Waals surface area contributed by atoms with E-state index in [-0.39, 0.29) is 5.88 Å². The van der Waals surface area contributed by atoms with Gasteiger partial charge in [-0.05, 0) is 42.5 Å². The Balaban J connectivity index is 1.29. The number of benzene rings is 2. The van der Waals surface area contributed by atoms with Gasteiger partial charge >= 0.3 is 12.1 Å². The number of carbonyl (C=O) groups excluding carboxylic acids is 1. The first kappa shape index (κ1) is 22.5. The van der Waals surface area contributed by atoms with Crippen LogP contribution in [0.1, 0.15) is 43.4 Å². The highest BCUT2D eigenvalue weighted by Crippen LogP contribution is 2.33. The van der Waals surface area contributed by atoms with E-state index in [4.69, 9.17) is 9.15 Å². The minimum atomic E-state index is -0.810. The number of aromatic nitrogens is 1. The van der Waals surface area contributed by atoms with Crippen molar-refractivity contribution in [2.75, 3.05) is 5.32 Å². The molecule has 1 aromatic heterocycles. The third-order valence-corrected chi connectivity index (χ3v) is 5.60. The second kappa shape index (κ2) is 10.3. The van der Waals surface area contributed by atoms with Crippen molar-refractivity contribution in [2.45, 2.75) is 44.9 Å². The molecule has 2 atom stereocenters. The third kappa shape index (κ3) is 6.43. The lowest BCUT2D eigenvalue weighted by Crippen LogP contribution is -2.36. The van der Waals surface area contributed by atoms with Gasteiger partial charge in [0, 0.05) is 12.1 Å². The Morgan fingerprint density at radius 2 is 1.88 bits per heavy atom. The van der Waals surface area contributed by atoms with Crippen molar-refractivity contribution in [3.63, 3.8) is 0 Å². The first-order chi connectivity index (χ1) is 16.0. The Morgan fingerprint density at radius 3 is 2.55 bits per heavy atom. The van der Waals surface area contributed by atoms with Crippen molar-refractivity contribution in [1.82, 2.24) is 10.3 Å². The first-order valence-electron chi connectivity index (χ1n) is 11.0. The fourth-order valence-corrected chi connectivity index (χ4v) is 3.51. The second-order valence-electron chi connectivity index (χ2n) is 8.26. The smallest absolute Gasteiger partial charge is 0.414 e. The number of nitrogens with one attached hydrogen (secondary N) is 2. The molecule has 0 aliphatic heterocycles. The number of amides is 1. The molecule has 1 saturated carbocycles. The number of oxazole rings is 1. The largest absolute Gasteiger partial charge is 0.480 e. The number of anilines is 1. The van der Waals surface area contributed by atoms with Gasteiger partial charge in [-0.25, -0.2) is 9.78 Å². The van der Waals surface area contributed by atoms with Gasteiger partial charge in [0.2, 0.25) is 11.8 Å². The number of carbonyl (C=O) groups is 2. The van der Waals surface area contributed by atoms with Gasteiger partial charge in [-0.1, -0.05) is 55.3 Å². The molecule has 3 aromatic rings. The van der Waals surface area contributed by atoms with Gasteiger partial charge in [-0.15, -0.1) is 0 Å². The van der Waals surface area contributed by atoms with E-state index in [1.54, 1.807) is 6.92 Å². The highest BCUT2D eigenvalue weighted by molar-refractivity contribution is 5.83. The average Bonchev–Trinajstić information content (AvgIpc) is 3.53. The molecule has 0 radical (unpaired) electrons. The average molecular weight is 450 g/mol. The van der Waals surface area contributed by atoms with E-state index >= 15 is 0 Å². The maximum Gasteiger partial charge on any atom is 0.414 e. The van der Waals surface area contributed by atoms with Crippen molar-refractivity contribution in [3.05, 3.63) is 71.9 Å². The Kier molecular flexibility index (Phi) is 7.04. The van der Waals surface area contributed by atoms with Crippen LogP contribution in [0.3, 0.4) is 0 Å². The van der Waals surface area contributed by atoms with Crippen LogP contribution >= 0.6 is 0 Å². The van der Waals surface area contributed by atoms with Gasteiger partial charge in [0.15, 0.2) is 0 Å². The summed E-state index contributed by atoms with van der Waals surface area (Å²) in [6.07, 6.45) is 3.31. The van der Waals surface area contributed by atoms with Crippen LogP contribution in [0.15, 0.2) is 65.2 Å². The summed E-state index contributed by atoms with van der Waals surface area (Å²) >= 11 is 0. The van der Waals surface area contributed by atoms with E-state index < -0.39 is 24.2 Å². The van der Waals surface area contributed by atoms with Crippen LogP contribution in [-0.2, 0) is 16.1 Å². The fraction of sp³-hybridized carbons (Fsp3) is 0.320. The summed E-state index contributed by atoms with van der Waals surface area (Å²) in [4.78, 5) is 27.8. The van der Waals surface area contributed by atoms with Crippen LogP contribution in [0, 0.1) is 5.92 Å². The topological polar surface area (TPSA) is 114 Å². The zero-order valence-electron chi connectivity index (χ0n) is 18.4. The Bertz CT molecular complexity index is 1080. The molecule has 0 bridgehead atoms. The van der Waals surface area contributed by atoms with Gasteiger partial charge in [0.1, 0.15) is 12.1 Å². The standard InChI is InChI=1S/C25H27N3O5/c1-16(19-5-3-2-4-6-19)32-25(31)28-22-15-27-23(33-22)20-11-9-18(10-12-20)14-26-21(24(29)30)13-17-7-8-17/h2-6,9-12,15-17,21,26H,7-8,13-14H2,1H3,(H,28,31)(H,29,30). The highest BCUT2D eigenvalue weighted by Gasteiger charge is 2.28. The molecule has 0 spiro atoms. The number of hydrogen-bond donors (Lipinski definition) is 3. The number of nitrogens with zero attached hydrogens (tertiary/aromatic N) is 1. The van der Waals surface area contributed by atoms with E-state index in [1.807, 2.05) is 54.6 Å². The molecule has 1 aliphatic rings. The molecule has 3 N–H and O–H groups in total. The summed E-state index contributed by atoms with van der Waals surface area (Å²) in [5, 5.41) is 15.0. The first-order valence-corrected chi connectivity index (χ1v) is 11.0. The number of hydrogen-bond acceptors (Lipinski definition) is 6. The molecule has 1 heterocycles. The molecule has 2 unspecified atom stereocenters. The number of aliphatic carboxylic acids is 1. The minimum Gasteiger partial charge on any atom is -0.480 e. The normalized spacial score (nSPS) is 14.9. The van der Waals surface area contributed by atoms with E-state index in [0.29, 0.717) is 24.8 Å². The quantitative estimate of drug-likeness (QED) is 0.399. The Morgan fingerprint density at radius 1 is 1.15 bits per heavy atom. The molecule has 8 nitrogen and oxygen atoms in total. The molecule has 1 amide bonds. The molecule has 2 aromatic carbocycles. The predicted octanol–water partition coefficient (Wildman–Crippen LogP) is 4.99. The van der Waals surface area contributed by atoms with Crippen molar-refractivity contribution in [1.29, 1.82) is 0 Å². The Labute approximate surface area is 192 Å². The number of rotatable bonds is 10. The van der Waals surface area contributed by atoms with Crippen LogP contribution in [0.25, 0.3) is 11.5 Å². The summed E-state index contributed by atoms with van der Waals surface area (Å²) in [5.74, 6) is 0.270. The monoisotopic (exact) mass is 449 g/mol. The van der Waals surface area contributed by atoms with Crippen LogP contribution in [0.2, 0.25) is 0 Å². The van der Waals surface area contributed by atoms with Crippen LogP contribution in [0.4, 0.5) is 10.7 Å². The summed E-state index contributed by atoms with van der Waals surface area (Å²) in [7, 11) is 0. The molecule has 33 heavy (non-hydrogen) atoms. The zero-order valence-corrected chi connectivity index (χ0v) is 18.4. The number of carboxylic acids is 1. The summed E-state index contributed by atoms with van der Waals surface area (Å²) < 4.78 is 11.0. The lowest BCUT2D eigenvalue weighted by Gasteiger charge is -2.14. The van der Waals surface area contributed by atoms with Gasteiger partial charge in [0.25, 0.3) is 0 Å². The van der Waals surface area contributed by atoms with Crippen LogP contribution < -0.4 is 10.6 Å². The lowest BCUT2D eigenvalue weighted by atomic mass is 10.1. The van der Waals surface area contributed by atoms with E-state index in [1.165, 1.54) is 6.20 Å². The van der Waals surface area contributed by atoms with E-state index in [0.717, 1.165) is 29.5 Å². The second-order valence-corrected chi connectivity index (χ2v) is 8.26. The molecular formula is C25H27N3O5. The molecule has 1 fully saturated rings. The predicted molar refractivity (Wildman–Crippen MR) is 123 cm³/mol. The lowest BCUT2D eigenvalue weighted by molar-refractivity contribution is -0.139. The van der Waals surface area contributed by atoms with Gasteiger partial charge in [-0.3, -0.25) is 10.1 Å². The van der Waals surface area contributed by atoms with E-state index in [2.05, 4.69) is 15.6 Å². The maximum atomic E-state index is 12.2. The third-order valence-electron chi connectivity index (χ3n) is 5.60. The van der Waals surface area contributed by atoms with Crippen molar-refractivity contribution >= 4 is 17.9 Å². The summed E-state index contributed by atoms with van der Waals surface area (Å²) in [6, 6.07) is 16.4. The fourth-order valence-electron chi connectivity index (χ4n) is 3.51. The molecule has 172 valence electrons. The van der Waals surface area contributed by atoms with Gasteiger partial charge in [0.05, 0.1) is 6.20 Å². The van der Waals surface area contributed by atoms with Crippen LogP contribution in [-0.4, -0.2) is 28.2 Å².